The highest BCUT2D eigenvalue weighted by Gasteiger charge is 2.71. The van der Waals surface area contributed by atoms with Crippen LogP contribution in [0.1, 0.15) is 113 Å². The first-order valence-electron chi connectivity index (χ1n) is 14.2. The Morgan fingerprint density at radius 2 is 1.52 bits per heavy atom. The third-order valence-electron chi connectivity index (χ3n) is 13.9. The Kier molecular flexibility index (Phi) is 5.29. The molecule has 0 aromatic rings. The van der Waals surface area contributed by atoms with E-state index >= 15 is 0 Å². The Bertz CT molecular complexity index is 820. The zero-order valence-electron chi connectivity index (χ0n) is 22.5. The summed E-state index contributed by atoms with van der Waals surface area (Å²) in [5.74, 6) is 3.06. The van der Waals surface area contributed by atoms with Crippen LogP contribution in [0.25, 0.3) is 0 Å². The fraction of sp³-hybridized carbons (Fsp3) is 0.967. The predicted octanol–water partition coefficient (Wildman–Crippen LogP) is 7.14. The van der Waals surface area contributed by atoms with Gasteiger partial charge in [0.2, 0.25) is 0 Å². The van der Waals surface area contributed by atoms with Gasteiger partial charge in [-0.15, -0.1) is 0 Å². The number of fused-ring (bicyclic) bond motifs is 7. The molecule has 10 atom stereocenters. The Morgan fingerprint density at radius 3 is 2.15 bits per heavy atom. The van der Waals surface area contributed by atoms with Gasteiger partial charge in [-0.1, -0.05) is 48.5 Å². The number of aliphatic carboxylic acids is 1. The summed E-state index contributed by atoms with van der Waals surface area (Å²) in [6.07, 6.45) is 11.6. The summed E-state index contributed by atoms with van der Waals surface area (Å²) in [6.45, 7) is 17.5. The second-order valence-corrected chi connectivity index (χ2v) is 15.1. The zero-order valence-corrected chi connectivity index (χ0v) is 22.5. The molecule has 5 aliphatic rings. The van der Waals surface area contributed by atoms with Crippen molar-refractivity contribution < 1.29 is 9.90 Å². The fourth-order valence-corrected chi connectivity index (χ4v) is 11.8. The Labute approximate surface area is 203 Å². The molecule has 0 aromatic carbocycles. The molecule has 3 heteroatoms. The molecule has 5 aliphatic carbocycles. The summed E-state index contributed by atoms with van der Waals surface area (Å²) in [4.78, 5) is 12.8. The zero-order chi connectivity index (χ0) is 24.2. The number of hydrogen-bond donors (Lipinski definition) is 2. The van der Waals surface area contributed by atoms with Crippen LogP contribution in [0.4, 0.5) is 0 Å². The van der Waals surface area contributed by atoms with Crippen LogP contribution < -0.4 is 5.73 Å². The molecule has 188 valence electrons. The van der Waals surface area contributed by atoms with Crippen LogP contribution in [0.5, 0.6) is 0 Å². The standard InChI is InChI=1S/C30H51NO2/c1-18(2)19-10-15-30(25(32)33)17-16-28(6)20(24(19)30)8-9-22-27(5)13-12-23(31)26(3,4)21(27)11-14-29(22,28)7/h18-24H,8-17,31H2,1-7H3,(H,32,33)/t19-,20+,21-,22+,23-,24+,27-,28+,29+,30-/m0/s1. The van der Waals surface area contributed by atoms with Crippen molar-refractivity contribution in [3.05, 3.63) is 0 Å². The largest absolute Gasteiger partial charge is 0.481 e. The molecule has 0 unspecified atom stereocenters. The molecule has 0 heterocycles. The van der Waals surface area contributed by atoms with Crippen LogP contribution in [-0.4, -0.2) is 17.1 Å². The second kappa shape index (κ2) is 7.23. The molecule has 0 aromatic heterocycles. The fourth-order valence-electron chi connectivity index (χ4n) is 11.8. The lowest BCUT2D eigenvalue weighted by atomic mass is 9.32. The minimum Gasteiger partial charge on any atom is -0.481 e. The maximum atomic E-state index is 12.8. The Balaban J connectivity index is 1.56. The molecule has 0 radical (unpaired) electrons. The lowest BCUT2D eigenvalue weighted by molar-refractivity contribution is -0.241. The third-order valence-corrected chi connectivity index (χ3v) is 13.9. The monoisotopic (exact) mass is 457 g/mol. The average Bonchev–Trinajstić information content (AvgIpc) is 3.13. The minimum atomic E-state index is -0.483. The normalized spacial score (nSPS) is 55.3. The van der Waals surface area contributed by atoms with Crippen molar-refractivity contribution in [1.29, 1.82) is 0 Å². The lowest BCUT2D eigenvalue weighted by Crippen LogP contribution is -2.67. The van der Waals surface area contributed by atoms with E-state index in [4.69, 9.17) is 5.73 Å². The third kappa shape index (κ3) is 2.81. The summed E-state index contributed by atoms with van der Waals surface area (Å²) < 4.78 is 0. The molecule has 5 saturated carbocycles. The van der Waals surface area contributed by atoms with E-state index in [0.717, 1.165) is 38.0 Å². The topological polar surface area (TPSA) is 63.3 Å². The highest BCUT2D eigenvalue weighted by atomic mass is 16.4. The average molecular weight is 458 g/mol. The molecular weight excluding hydrogens is 406 g/mol. The first kappa shape index (κ1) is 24.1. The van der Waals surface area contributed by atoms with Crippen molar-refractivity contribution in [2.75, 3.05) is 0 Å². The van der Waals surface area contributed by atoms with Crippen molar-refractivity contribution in [3.8, 4) is 0 Å². The van der Waals surface area contributed by atoms with E-state index in [2.05, 4.69) is 48.5 Å². The molecular formula is C30H51NO2. The number of nitrogens with two attached hydrogens (primary N) is 1. The highest BCUT2D eigenvalue weighted by Crippen LogP contribution is 2.77. The van der Waals surface area contributed by atoms with Crippen molar-refractivity contribution in [3.63, 3.8) is 0 Å². The quantitative estimate of drug-likeness (QED) is 0.463. The van der Waals surface area contributed by atoms with Gasteiger partial charge in [0.1, 0.15) is 0 Å². The van der Waals surface area contributed by atoms with Crippen molar-refractivity contribution in [1.82, 2.24) is 0 Å². The molecule has 0 bridgehead atoms. The number of hydrogen-bond acceptors (Lipinski definition) is 2. The summed E-state index contributed by atoms with van der Waals surface area (Å²) in [5.41, 5.74) is 7.40. The number of carboxylic acid groups (broad SMARTS) is 1. The number of rotatable bonds is 2. The smallest absolute Gasteiger partial charge is 0.309 e. The van der Waals surface area contributed by atoms with Gasteiger partial charge in [0, 0.05) is 6.04 Å². The van der Waals surface area contributed by atoms with Gasteiger partial charge in [-0.2, -0.15) is 0 Å². The van der Waals surface area contributed by atoms with Gasteiger partial charge in [-0.25, -0.2) is 0 Å². The predicted molar refractivity (Wildman–Crippen MR) is 135 cm³/mol. The van der Waals surface area contributed by atoms with Gasteiger partial charge >= 0.3 is 5.97 Å². The van der Waals surface area contributed by atoms with E-state index in [1.165, 1.54) is 32.1 Å². The minimum absolute atomic E-state index is 0.214. The SMILES string of the molecule is CC(C)[C@@H]1CC[C@]2(C(=O)O)CC[C@]3(C)[C@H](CC[C@@H]4[C@@]5(C)CC[C@H](N)C(C)(C)[C@@H]5CC[C@]43C)[C@@H]12. The molecule has 5 rings (SSSR count). The van der Waals surface area contributed by atoms with Crippen LogP contribution in [-0.2, 0) is 4.79 Å². The summed E-state index contributed by atoms with van der Waals surface area (Å²) in [6, 6.07) is 0.322. The Morgan fingerprint density at radius 1 is 0.818 bits per heavy atom. The van der Waals surface area contributed by atoms with Gasteiger partial charge in [0.15, 0.2) is 0 Å². The van der Waals surface area contributed by atoms with Crippen molar-refractivity contribution in [2.24, 2.45) is 68.3 Å². The molecule has 33 heavy (non-hydrogen) atoms. The molecule has 0 amide bonds. The maximum absolute atomic E-state index is 12.8. The highest BCUT2D eigenvalue weighted by molar-refractivity contribution is 5.76. The van der Waals surface area contributed by atoms with Crippen LogP contribution in [0.3, 0.4) is 0 Å². The summed E-state index contributed by atoms with van der Waals surface area (Å²) in [5, 5.41) is 10.5. The van der Waals surface area contributed by atoms with Gasteiger partial charge in [-0.3, -0.25) is 4.79 Å². The molecule has 0 spiro atoms. The van der Waals surface area contributed by atoms with E-state index < -0.39 is 11.4 Å². The summed E-state index contributed by atoms with van der Waals surface area (Å²) >= 11 is 0. The first-order valence-corrected chi connectivity index (χ1v) is 14.2. The molecule has 3 N–H and O–H groups in total. The van der Waals surface area contributed by atoms with Crippen LogP contribution in [0.15, 0.2) is 0 Å². The number of carbonyl (C=O) groups is 1. The van der Waals surface area contributed by atoms with E-state index in [0.29, 0.717) is 46.5 Å². The number of carboxylic acids is 1. The maximum Gasteiger partial charge on any atom is 0.309 e. The summed E-state index contributed by atoms with van der Waals surface area (Å²) in [7, 11) is 0. The van der Waals surface area contributed by atoms with Gasteiger partial charge in [-0.05, 0) is 121 Å². The lowest BCUT2D eigenvalue weighted by Gasteiger charge is -2.73. The van der Waals surface area contributed by atoms with Gasteiger partial charge in [0.05, 0.1) is 5.41 Å². The first-order chi connectivity index (χ1) is 15.3. The van der Waals surface area contributed by atoms with Crippen LogP contribution in [0, 0.1) is 62.6 Å². The van der Waals surface area contributed by atoms with Crippen LogP contribution in [0.2, 0.25) is 0 Å². The van der Waals surface area contributed by atoms with E-state index in [9.17, 15) is 9.90 Å². The molecule has 0 aliphatic heterocycles. The second-order valence-electron chi connectivity index (χ2n) is 15.1. The molecule has 0 saturated heterocycles. The van der Waals surface area contributed by atoms with Crippen molar-refractivity contribution in [2.45, 2.75) is 119 Å². The van der Waals surface area contributed by atoms with E-state index in [1.54, 1.807) is 0 Å². The molecule has 5 fully saturated rings. The van der Waals surface area contributed by atoms with E-state index in [-0.39, 0.29) is 10.8 Å². The molecule has 3 nitrogen and oxygen atoms in total. The van der Waals surface area contributed by atoms with Crippen LogP contribution >= 0.6 is 0 Å². The van der Waals surface area contributed by atoms with E-state index in [1.807, 2.05) is 0 Å². The van der Waals surface area contributed by atoms with Gasteiger partial charge < -0.3 is 10.8 Å². The van der Waals surface area contributed by atoms with Gasteiger partial charge in [0.25, 0.3) is 0 Å². The van der Waals surface area contributed by atoms with Crippen molar-refractivity contribution >= 4 is 5.97 Å². The Hall–Kier alpha value is -0.570.